The molecule has 0 spiro atoms. The first-order chi connectivity index (χ1) is 9.34. The third kappa shape index (κ3) is 4.65. The third-order valence-electron chi connectivity index (χ3n) is 3.36. The van der Waals surface area contributed by atoms with Gasteiger partial charge in [0.25, 0.3) is 0 Å². The Morgan fingerprint density at radius 1 is 1.19 bits per heavy atom. The predicted octanol–water partition coefficient (Wildman–Crippen LogP) is 3.74. The first-order valence-electron chi connectivity index (χ1n) is 6.44. The minimum atomic E-state index is 0. The molecule has 1 aliphatic heterocycles. The van der Waals surface area contributed by atoms with Gasteiger partial charge in [-0.05, 0) is 39.5 Å². The summed E-state index contributed by atoms with van der Waals surface area (Å²) >= 11 is 5.27. The van der Waals surface area contributed by atoms with E-state index in [2.05, 4.69) is 60.8 Å². The number of pyridine rings is 1. The van der Waals surface area contributed by atoms with Gasteiger partial charge in [-0.2, -0.15) is 0 Å². The maximum absolute atomic E-state index is 4.61. The molecule has 1 fully saturated rings. The highest BCUT2D eigenvalue weighted by molar-refractivity contribution is 9.10. The molecule has 2 aromatic rings. The van der Waals surface area contributed by atoms with E-state index in [-0.39, 0.29) is 30.9 Å². The summed E-state index contributed by atoms with van der Waals surface area (Å²) in [5, 5.41) is 5.55. The van der Waals surface area contributed by atoms with Crippen LogP contribution in [0.4, 0.5) is 0 Å². The van der Waals surface area contributed by atoms with Gasteiger partial charge in [0.05, 0.1) is 11.7 Å². The van der Waals surface area contributed by atoms with Gasteiger partial charge in [0, 0.05) is 41.7 Å². The number of thiophene rings is 1. The van der Waals surface area contributed by atoms with Crippen molar-refractivity contribution in [1.82, 2.24) is 15.2 Å². The molecule has 1 N–H and O–H groups in total. The normalized spacial score (nSPS) is 16.6. The zero-order valence-electron chi connectivity index (χ0n) is 11.4. The van der Waals surface area contributed by atoms with Crippen LogP contribution >= 0.6 is 52.1 Å². The summed E-state index contributed by atoms with van der Waals surface area (Å²) in [6.07, 6.45) is 1.89. The molecular weight excluding hydrogens is 393 g/mol. The van der Waals surface area contributed by atoms with Crippen molar-refractivity contribution >= 4 is 52.1 Å². The fourth-order valence-corrected chi connectivity index (χ4v) is 3.55. The van der Waals surface area contributed by atoms with Crippen LogP contribution in [0, 0.1) is 0 Å². The van der Waals surface area contributed by atoms with Crippen molar-refractivity contribution in [2.75, 3.05) is 26.2 Å². The first kappa shape index (κ1) is 18.9. The molecular formula is C14H18BrCl2N3S. The van der Waals surface area contributed by atoms with E-state index in [1.807, 2.05) is 17.5 Å². The number of hydrogen-bond acceptors (Lipinski definition) is 4. The molecule has 3 rings (SSSR count). The Labute approximate surface area is 150 Å². The highest BCUT2D eigenvalue weighted by Crippen LogP contribution is 2.31. The molecule has 0 amide bonds. The minimum Gasteiger partial charge on any atom is -0.314 e. The number of piperazine rings is 1. The summed E-state index contributed by atoms with van der Waals surface area (Å²) in [5.74, 6) is 0. The van der Waals surface area contributed by atoms with Crippen LogP contribution in [0.5, 0.6) is 0 Å². The van der Waals surface area contributed by atoms with E-state index in [0.717, 1.165) is 36.3 Å². The SMILES string of the molecule is Brc1ccc([C@H](c2cccs2)N2CCNCC2)nc1.Cl.Cl. The van der Waals surface area contributed by atoms with Gasteiger partial charge in [0.1, 0.15) is 0 Å². The summed E-state index contributed by atoms with van der Waals surface area (Å²) in [6, 6.07) is 8.81. The predicted molar refractivity (Wildman–Crippen MR) is 97.0 cm³/mol. The van der Waals surface area contributed by atoms with Crippen LogP contribution in [0.25, 0.3) is 0 Å². The summed E-state index contributed by atoms with van der Waals surface area (Å²) in [5.41, 5.74) is 1.13. The first-order valence-corrected chi connectivity index (χ1v) is 8.11. The van der Waals surface area contributed by atoms with E-state index < -0.39 is 0 Å². The molecule has 3 heterocycles. The second kappa shape index (κ2) is 9.08. The number of rotatable bonds is 3. The van der Waals surface area contributed by atoms with Gasteiger partial charge >= 0.3 is 0 Å². The van der Waals surface area contributed by atoms with Crippen LogP contribution in [-0.4, -0.2) is 36.1 Å². The van der Waals surface area contributed by atoms with Crippen LogP contribution in [0.15, 0.2) is 40.3 Å². The van der Waals surface area contributed by atoms with Crippen LogP contribution in [-0.2, 0) is 0 Å². The van der Waals surface area contributed by atoms with Gasteiger partial charge in [-0.3, -0.25) is 9.88 Å². The van der Waals surface area contributed by atoms with Crippen molar-refractivity contribution in [3.8, 4) is 0 Å². The second-order valence-corrected chi connectivity index (χ2v) is 6.50. The fraction of sp³-hybridized carbons (Fsp3) is 0.357. The van der Waals surface area contributed by atoms with E-state index in [1.165, 1.54) is 4.88 Å². The number of halogens is 3. The standard InChI is InChI=1S/C14H16BrN3S.2ClH/c15-11-3-4-12(17-10-11)14(13-2-1-9-19-13)18-7-5-16-6-8-18;;/h1-4,9-10,14,16H,5-8H2;2*1H/t14-;;/m1../s1. The van der Waals surface area contributed by atoms with Gasteiger partial charge in [-0.1, -0.05) is 6.07 Å². The highest BCUT2D eigenvalue weighted by atomic mass is 79.9. The zero-order valence-corrected chi connectivity index (χ0v) is 15.4. The Balaban J connectivity index is 0.00000110. The van der Waals surface area contributed by atoms with Crippen LogP contribution in [0.3, 0.4) is 0 Å². The molecule has 0 bridgehead atoms. The van der Waals surface area contributed by atoms with Crippen molar-refractivity contribution in [3.63, 3.8) is 0 Å². The molecule has 1 saturated heterocycles. The quantitative estimate of drug-likeness (QED) is 0.835. The molecule has 2 aromatic heterocycles. The Hall–Kier alpha value is -0.170. The molecule has 0 aliphatic carbocycles. The van der Waals surface area contributed by atoms with E-state index in [9.17, 15) is 0 Å². The molecule has 0 saturated carbocycles. The van der Waals surface area contributed by atoms with E-state index >= 15 is 0 Å². The third-order valence-corrected chi connectivity index (χ3v) is 4.75. The molecule has 0 unspecified atom stereocenters. The Kier molecular flexibility index (Phi) is 8.16. The lowest BCUT2D eigenvalue weighted by Gasteiger charge is -2.34. The van der Waals surface area contributed by atoms with E-state index in [4.69, 9.17) is 0 Å². The average Bonchev–Trinajstić information content (AvgIpc) is 2.96. The van der Waals surface area contributed by atoms with Crippen molar-refractivity contribution < 1.29 is 0 Å². The van der Waals surface area contributed by atoms with Crippen molar-refractivity contribution in [2.24, 2.45) is 0 Å². The second-order valence-electron chi connectivity index (χ2n) is 4.61. The summed E-state index contributed by atoms with van der Waals surface area (Å²) in [7, 11) is 0. The summed E-state index contributed by atoms with van der Waals surface area (Å²) in [6.45, 7) is 4.25. The molecule has 0 radical (unpaired) electrons. The van der Waals surface area contributed by atoms with Gasteiger partial charge < -0.3 is 5.32 Å². The summed E-state index contributed by atoms with van der Waals surface area (Å²) in [4.78, 5) is 8.49. The smallest absolute Gasteiger partial charge is 0.0870 e. The Bertz CT molecular complexity index is 516. The van der Waals surface area contributed by atoms with Gasteiger partial charge in [0.2, 0.25) is 0 Å². The molecule has 3 nitrogen and oxygen atoms in total. The number of nitrogens with one attached hydrogen (secondary N) is 1. The van der Waals surface area contributed by atoms with Gasteiger partial charge in [-0.25, -0.2) is 0 Å². The van der Waals surface area contributed by atoms with E-state index in [1.54, 1.807) is 0 Å². The number of nitrogens with zero attached hydrogens (tertiary/aromatic N) is 2. The molecule has 21 heavy (non-hydrogen) atoms. The summed E-state index contributed by atoms with van der Waals surface area (Å²) < 4.78 is 1.03. The molecule has 7 heteroatoms. The molecule has 1 atom stereocenters. The zero-order chi connectivity index (χ0) is 13.1. The van der Waals surface area contributed by atoms with Gasteiger partial charge in [-0.15, -0.1) is 36.2 Å². The monoisotopic (exact) mass is 409 g/mol. The number of hydrogen-bond donors (Lipinski definition) is 1. The lowest BCUT2D eigenvalue weighted by Crippen LogP contribution is -2.45. The maximum Gasteiger partial charge on any atom is 0.0870 e. The topological polar surface area (TPSA) is 28.2 Å². The Morgan fingerprint density at radius 3 is 2.52 bits per heavy atom. The minimum absolute atomic E-state index is 0. The largest absolute Gasteiger partial charge is 0.314 e. The van der Waals surface area contributed by atoms with Crippen LogP contribution in [0.2, 0.25) is 0 Å². The lowest BCUT2D eigenvalue weighted by atomic mass is 10.1. The Morgan fingerprint density at radius 2 is 1.95 bits per heavy atom. The van der Waals surface area contributed by atoms with Gasteiger partial charge in [0.15, 0.2) is 0 Å². The van der Waals surface area contributed by atoms with Crippen molar-refractivity contribution in [3.05, 3.63) is 50.9 Å². The van der Waals surface area contributed by atoms with Crippen LogP contribution < -0.4 is 5.32 Å². The van der Waals surface area contributed by atoms with E-state index in [0.29, 0.717) is 0 Å². The van der Waals surface area contributed by atoms with Crippen molar-refractivity contribution in [1.29, 1.82) is 0 Å². The lowest BCUT2D eigenvalue weighted by molar-refractivity contribution is 0.198. The van der Waals surface area contributed by atoms with Crippen molar-refractivity contribution in [2.45, 2.75) is 6.04 Å². The maximum atomic E-state index is 4.61. The number of aromatic nitrogens is 1. The average molecular weight is 411 g/mol. The molecule has 1 aliphatic rings. The fourth-order valence-electron chi connectivity index (χ4n) is 2.45. The highest BCUT2D eigenvalue weighted by Gasteiger charge is 2.25. The molecule has 0 aromatic carbocycles. The molecule has 116 valence electrons. The van der Waals surface area contributed by atoms with Crippen LogP contribution in [0.1, 0.15) is 16.6 Å².